The summed E-state index contributed by atoms with van der Waals surface area (Å²) in [6.45, 7) is 0. The molecule has 11 rings (SSSR count). The van der Waals surface area contributed by atoms with Gasteiger partial charge in [-0.05, 0) is 90.7 Å². The zero-order chi connectivity index (χ0) is 34.9. The van der Waals surface area contributed by atoms with Gasteiger partial charge in [0.2, 0.25) is 0 Å². The summed E-state index contributed by atoms with van der Waals surface area (Å²) in [6.07, 6.45) is 3.67. The van der Waals surface area contributed by atoms with Crippen LogP contribution in [0.25, 0.3) is 78.1 Å². The number of hydrogen-bond acceptors (Lipinski definition) is 3. The van der Waals surface area contributed by atoms with E-state index in [9.17, 15) is 0 Å². The van der Waals surface area contributed by atoms with Crippen LogP contribution in [0, 0.1) is 0 Å². The van der Waals surface area contributed by atoms with Gasteiger partial charge in [0.1, 0.15) is 0 Å². The van der Waals surface area contributed by atoms with Crippen molar-refractivity contribution in [2.45, 2.75) is 5.41 Å². The first-order chi connectivity index (χ1) is 26.3. The predicted octanol–water partition coefficient (Wildman–Crippen LogP) is 12.0. The zero-order valence-electron chi connectivity index (χ0n) is 28.7. The molecule has 0 aliphatic heterocycles. The third-order valence-electron chi connectivity index (χ3n) is 11.2. The molecule has 0 fully saturated rings. The van der Waals surface area contributed by atoms with Gasteiger partial charge in [-0.2, -0.15) is 0 Å². The summed E-state index contributed by atoms with van der Waals surface area (Å²) in [5.41, 5.74) is 17.0. The van der Waals surface area contributed by atoms with E-state index in [4.69, 9.17) is 9.97 Å². The fourth-order valence-corrected chi connectivity index (χ4v) is 8.92. The monoisotopic (exact) mass is 673 g/mol. The molecule has 2 aliphatic rings. The summed E-state index contributed by atoms with van der Waals surface area (Å²) in [5.74, 6) is 0.688. The Balaban J connectivity index is 1.10. The molecule has 246 valence electrons. The van der Waals surface area contributed by atoms with Crippen LogP contribution in [0.4, 0.5) is 0 Å². The van der Waals surface area contributed by atoms with Crippen molar-refractivity contribution >= 4 is 10.8 Å². The molecule has 7 aromatic carbocycles. The van der Waals surface area contributed by atoms with Crippen molar-refractivity contribution in [1.29, 1.82) is 0 Å². The maximum Gasteiger partial charge on any atom is 0.160 e. The standard InChI is InChI=1S/C50H31N3/c1-2-14-37-32(11-1)12-9-18-38(37)33-22-24-34(25-23-33)47-30-48(36-13-10-28-51-31-36)53-49(52-47)35-26-27-42-41-17-5-8-21-45(41)50(46(42)29-35)43-19-6-3-15-39(43)40-16-4-7-20-44(40)50/h1-31H. The molecule has 0 bridgehead atoms. The van der Waals surface area contributed by atoms with E-state index >= 15 is 0 Å². The topological polar surface area (TPSA) is 38.7 Å². The van der Waals surface area contributed by atoms with Gasteiger partial charge in [-0.15, -0.1) is 0 Å². The molecule has 2 heterocycles. The molecule has 0 N–H and O–H groups in total. The first-order valence-electron chi connectivity index (χ1n) is 18.1. The highest BCUT2D eigenvalue weighted by atomic mass is 14.9. The molecule has 0 saturated heterocycles. The molecule has 1 spiro atoms. The van der Waals surface area contributed by atoms with Gasteiger partial charge in [-0.25, -0.2) is 9.97 Å². The van der Waals surface area contributed by atoms with E-state index in [1.165, 1.54) is 66.4 Å². The Labute approximate surface area is 308 Å². The second-order valence-corrected chi connectivity index (χ2v) is 14.0. The average Bonchev–Trinajstić information content (AvgIpc) is 3.71. The number of hydrogen-bond donors (Lipinski definition) is 0. The number of aromatic nitrogens is 3. The first kappa shape index (κ1) is 29.7. The Bertz CT molecular complexity index is 2820. The molecule has 2 aliphatic carbocycles. The maximum atomic E-state index is 5.30. The van der Waals surface area contributed by atoms with Crippen molar-refractivity contribution in [2.75, 3.05) is 0 Å². The minimum atomic E-state index is -0.434. The van der Waals surface area contributed by atoms with Gasteiger partial charge in [-0.3, -0.25) is 4.98 Å². The van der Waals surface area contributed by atoms with Crippen LogP contribution in [-0.4, -0.2) is 15.0 Å². The molecular formula is C50H31N3. The number of benzene rings is 7. The van der Waals surface area contributed by atoms with E-state index in [1.807, 2.05) is 12.3 Å². The van der Waals surface area contributed by atoms with Gasteiger partial charge in [0.05, 0.1) is 16.8 Å². The molecule has 2 aromatic heterocycles. The Kier molecular flexibility index (Phi) is 6.47. The quantitative estimate of drug-likeness (QED) is 0.187. The number of nitrogens with zero attached hydrogens (tertiary/aromatic N) is 3. The third kappa shape index (κ3) is 4.38. The molecule has 0 amide bonds. The van der Waals surface area contributed by atoms with Gasteiger partial charge < -0.3 is 0 Å². The van der Waals surface area contributed by atoms with Crippen molar-refractivity contribution in [1.82, 2.24) is 15.0 Å². The van der Waals surface area contributed by atoms with E-state index in [2.05, 4.69) is 175 Å². The fraction of sp³-hybridized carbons (Fsp3) is 0.0200. The van der Waals surface area contributed by atoms with Gasteiger partial charge in [-0.1, -0.05) is 152 Å². The SMILES string of the molecule is c1cncc(-c2cc(-c3ccc(-c4cccc5ccccc45)cc3)nc(-c3ccc4c(c3)C3(c5ccccc5-c5ccccc53)c3ccccc3-4)n2)c1. The smallest absolute Gasteiger partial charge is 0.160 e. The van der Waals surface area contributed by atoms with Crippen molar-refractivity contribution in [3.63, 3.8) is 0 Å². The molecule has 3 heteroatoms. The van der Waals surface area contributed by atoms with Crippen LogP contribution in [0.2, 0.25) is 0 Å². The highest BCUT2D eigenvalue weighted by Crippen LogP contribution is 2.63. The van der Waals surface area contributed by atoms with Gasteiger partial charge in [0.25, 0.3) is 0 Å². The van der Waals surface area contributed by atoms with Crippen LogP contribution in [0.3, 0.4) is 0 Å². The Morgan fingerprint density at radius 3 is 1.58 bits per heavy atom. The molecule has 9 aromatic rings. The van der Waals surface area contributed by atoms with Crippen LogP contribution >= 0.6 is 0 Å². The summed E-state index contributed by atoms with van der Waals surface area (Å²) in [6, 6.07) is 63.5. The maximum absolute atomic E-state index is 5.30. The van der Waals surface area contributed by atoms with Crippen molar-refractivity contribution in [3.05, 3.63) is 211 Å². The highest BCUT2D eigenvalue weighted by Gasteiger charge is 2.51. The lowest BCUT2D eigenvalue weighted by Crippen LogP contribution is -2.25. The summed E-state index contributed by atoms with van der Waals surface area (Å²) in [5, 5.41) is 2.48. The second kappa shape index (κ2) is 11.5. The fourth-order valence-electron chi connectivity index (χ4n) is 8.92. The van der Waals surface area contributed by atoms with Gasteiger partial charge in [0.15, 0.2) is 5.82 Å². The van der Waals surface area contributed by atoms with E-state index in [0.717, 1.165) is 28.1 Å². The summed E-state index contributed by atoms with van der Waals surface area (Å²) in [7, 11) is 0. The molecule has 0 unspecified atom stereocenters. The van der Waals surface area contributed by atoms with Crippen molar-refractivity contribution in [2.24, 2.45) is 0 Å². The minimum Gasteiger partial charge on any atom is -0.264 e. The number of pyridine rings is 1. The van der Waals surface area contributed by atoms with Crippen molar-refractivity contribution in [3.8, 4) is 67.3 Å². The number of rotatable bonds is 4. The van der Waals surface area contributed by atoms with Gasteiger partial charge in [0, 0.05) is 29.1 Å². The van der Waals surface area contributed by atoms with Crippen LogP contribution in [0.1, 0.15) is 22.3 Å². The largest absolute Gasteiger partial charge is 0.264 e. The molecule has 53 heavy (non-hydrogen) atoms. The average molecular weight is 674 g/mol. The zero-order valence-corrected chi connectivity index (χ0v) is 28.7. The van der Waals surface area contributed by atoms with Crippen LogP contribution in [-0.2, 0) is 5.41 Å². The van der Waals surface area contributed by atoms with E-state index in [1.54, 1.807) is 6.20 Å². The molecule has 3 nitrogen and oxygen atoms in total. The molecule has 0 saturated carbocycles. The van der Waals surface area contributed by atoms with Crippen LogP contribution < -0.4 is 0 Å². The lowest BCUT2D eigenvalue weighted by atomic mass is 9.70. The third-order valence-corrected chi connectivity index (χ3v) is 11.2. The first-order valence-corrected chi connectivity index (χ1v) is 18.1. The lowest BCUT2D eigenvalue weighted by Gasteiger charge is -2.30. The second-order valence-electron chi connectivity index (χ2n) is 14.0. The lowest BCUT2D eigenvalue weighted by molar-refractivity contribution is 0.794. The highest BCUT2D eigenvalue weighted by molar-refractivity contribution is 5.97. The minimum absolute atomic E-state index is 0.434. The van der Waals surface area contributed by atoms with Crippen LogP contribution in [0.5, 0.6) is 0 Å². The normalized spacial score (nSPS) is 13.1. The summed E-state index contributed by atoms with van der Waals surface area (Å²) in [4.78, 5) is 15.0. The van der Waals surface area contributed by atoms with Gasteiger partial charge >= 0.3 is 0 Å². The molecule has 0 radical (unpaired) electrons. The Morgan fingerprint density at radius 1 is 0.358 bits per heavy atom. The van der Waals surface area contributed by atoms with Crippen LogP contribution in [0.15, 0.2) is 188 Å². The van der Waals surface area contributed by atoms with Crippen molar-refractivity contribution < 1.29 is 0 Å². The molecule has 0 atom stereocenters. The Morgan fingerprint density at radius 2 is 0.906 bits per heavy atom. The predicted molar refractivity (Wildman–Crippen MR) is 215 cm³/mol. The van der Waals surface area contributed by atoms with E-state index in [-0.39, 0.29) is 0 Å². The summed E-state index contributed by atoms with van der Waals surface area (Å²) < 4.78 is 0. The Hall–Kier alpha value is -6.97. The number of fused-ring (bicyclic) bond motifs is 11. The molecular weight excluding hydrogens is 643 g/mol. The summed E-state index contributed by atoms with van der Waals surface area (Å²) >= 11 is 0. The van der Waals surface area contributed by atoms with E-state index in [0.29, 0.717) is 5.82 Å². The van der Waals surface area contributed by atoms with E-state index < -0.39 is 5.41 Å².